The van der Waals surface area contributed by atoms with Gasteiger partial charge >= 0.3 is 5.97 Å². The van der Waals surface area contributed by atoms with E-state index in [-0.39, 0.29) is 15.8 Å². The van der Waals surface area contributed by atoms with Gasteiger partial charge in [-0.3, -0.25) is 10.1 Å². The lowest BCUT2D eigenvalue weighted by Gasteiger charge is -2.06. The average Bonchev–Trinajstić information content (AvgIpc) is 3.02. The lowest BCUT2D eigenvalue weighted by atomic mass is 10.0. The van der Waals surface area contributed by atoms with Crippen LogP contribution in [-0.2, 0) is 14.3 Å². The van der Waals surface area contributed by atoms with Gasteiger partial charge in [0.05, 0.1) is 25.3 Å². The van der Waals surface area contributed by atoms with Crippen molar-refractivity contribution in [2.24, 2.45) is 10.2 Å². The highest BCUT2D eigenvalue weighted by Crippen LogP contribution is 2.29. The van der Waals surface area contributed by atoms with E-state index in [1.807, 2.05) is 12.1 Å². The number of hydrogen-bond acceptors (Lipinski definition) is 8. The Hall–Kier alpha value is -3.33. The van der Waals surface area contributed by atoms with Crippen LogP contribution in [0.1, 0.15) is 5.56 Å². The molecule has 2 aromatic rings. The first-order chi connectivity index (χ1) is 13.0. The van der Waals surface area contributed by atoms with Gasteiger partial charge in [0.1, 0.15) is 11.5 Å². The predicted molar refractivity (Wildman–Crippen MR) is 103 cm³/mol. The fraction of sp³-hybridized carbons (Fsp3) is 0.111. The molecular weight excluding hydrogens is 370 g/mol. The minimum absolute atomic E-state index is 0.0362. The summed E-state index contributed by atoms with van der Waals surface area (Å²) in [4.78, 5) is 23.2. The number of methoxy groups -OCH3 is 2. The number of nitrogens with one attached hydrogen (secondary N) is 1. The molecule has 2 aromatic carbocycles. The smallest absolute Gasteiger partial charge is 0.331 e. The monoisotopic (exact) mass is 385 g/mol. The van der Waals surface area contributed by atoms with Gasteiger partial charge in [0.25, 0.3) is 5.91 Å². The van der Waals surface area contributed by atoms with E-state index >= 15 is 0 Å². The lowest BCUT2D eigenvalue weighted by Crippen LogP contribution is -2.19. The number of nitrogens with zero attached hydrogens (tertiary/aromatic N) is 2. The number of amides is 1. The zero-order chi connectivity index (χ0) is 19.4. The molecule has 1 saturated heterocycles. The number of aromatic hydroxyl groups is 1. The minimum atomic E-state index is -0.632. The molecule has 0 saturated carbocycles. The van der Waals surface area contributed by atoms with E-state index in [0.29, 0.717) is 11.3 Å². The van der Waals surface area contributed by atoms with Crippen molar-refractivity contribution in [2.45, 2.75) is 0 Å². The van der Waals surface area contributed by atoms with E-state index < -0.39 is 11.9 Å². The molecule has 3 rings (SSSR count). The van der Waals surface area contributed by atoms with Gasteiger partial charge in [0.2, 0.25) is 0 Å². The first-order valence-electron chi connectivity index (χ1n) is 7.71. The molecule has 138 valence electrons. The maximum Gasteiger partial charge on any atom is 0.331 e. The number of rotatable bonds is 4. The molecule has 0 bridgehead atoms. The predicted octanol–water partition coefficient (Wildman–Crippen LogP) is 2.16. The van der Waals surface area contributed by atoms with E-state index in [4.69, 9.17) is 4.74 Å². The molecule has 0 radical (unpaired) electrons. The van der Waals surface area contributed by atoms with Crippen LogP contribution in [0.25, 0.3) is 10.8 Å². The summed E-state index contributed by atoms with van der Waals surface area (Å²) in [5.41, 5.74) is 0.468. The van der Waals surface area contributed by atoms with Crippen LogP contribution >= 0.6 is 11.8 Å². The molecule has 0 unspecified atom stereocenters. The van der Waals surface area contributed by atoms with Crippen LogP contribution in [0.4, 0.5) is 0 Å². The number of phenols is 1. The van der Waals surface area contributed by atoms with Crippen molar-refractivity contribution < 1.29 is 24.2 Å². The summed E-state index contributed by atoms with van der Waals surface area (Å²) >= 11 is 0.965. The zero-order valence-electron chi connectivity index (χ0n) is 14.4. The number of hydrogen-bond donors (Lipinski definition) is 2. The van der Waals surface area contributed by atoms with E-state index in [2.05, 4.69) is 20.3 Å². The molecule has 1 heterocycles. The number of benzene rings is 2. The van der Waals surface area contributed by atoms with Gasteiger partial charge in [-0.25, -0.2) is 4.79 Å². The fourth-order valence-electron chi connectivity index (χ4n) is 2.35. The van der Waals surface area contributed by atoms with Crippen molar-refractivity contribution in [1.82, 2.24) is 5.32 Å². The quantitative estimate of drug-likeness (QED) is 0.361. The highest BCUT2D eigenvalue weighted by molar-refractivity contribution is 8.18. The Bertz CT molecular complexity index is 1010. The van der Waals surface area contributed by atoms with E-state index in [0.717, 1.165) is 28.6 Å². The van der Waals surface area contributed by atoms with Crippen LogP contribution in [0.5, 0.6) is 11.5 Å². The van der Waals surface area contributed by atoms with Crippen LogP contribution in [0.2, 0.25) is 0 Å². The second-order valence-electron chi connectivity index (χ2n) is 5.32. The first-order valence-corrected chi connectivity index (χ1v) is 8.53. The summed E-state index contributed by atoms with van der Waals surface area (Å²) in [6.45, 7) is 0. The molecule has 0 aromatic heterocycles. The summed E-state index contributed by atoms with van der Waals surface area (Å²) in [6.07, 6.45) is 2.47. The van der Waals surface area contributed by atoms with E-state index in [1.54, 1.807) is 25.3 Å². The van der Waals surface area contributed by atoms with Gasteiger partial charge in [-0.1, -0.05) is 12.1 Å². The van der Waals surface area contributed by atoms with Crippen molar-refractivity contribution in [3.63, 3.8) is 0 Å². The summed E-state index contributed by atoms with van der Waals surface area (Å²) in [5, 5.41) is 22.4. The standard InChI is InChI=1S/C18H15N3O5S/c1-25-11-5-3-10-4-6-14(22)13(12(10)7-11)9-19-21-18-20-17(24)15(27-18)8-16(23)26-2/h3-9,22H,1-2H3,(H,20,21,24)/b15-8+,19-9?. The topological polar surface area (TPSA) is 110 Å². The Morgan fingerprint density at radius 1 is 1.26 bits per heavy atom. The Kier molecular flexibility index (Phi) is 5.41. The lowest BCUT2D eigenvalue weighted by molar-refractivity contribution is -0.135. The molecule has 1 aliphatic heterocycles. The Morgan fingerprint density at radius 2 is 2.04 bits per heavy atom. The first kappa shape index (κ1) is 18.5. The number of esters is 1. The third-order valence-electron chi connectivity index (χ3n) is 3.68. The van der Waals surface area contributed by atoms with Crippen molar-refractivity contribution in [1.29, 1.82) is 0 Å². The molecule has 0 aliphatic carbocycles. The van der Waals surface area contributed by atoms with Gasteiger partial charge in [0.15, 0.2) is 5.17 Å². The molecule has 0 spiro atoms. The normalized spacial score (nSPS) is 17.0. The second-order valence-corrected chi connectivity index (χ2v) is 6.35. The van der Waals surface area contributed by atoms with E-state index in [9.17, 15) is 14.7 Å². The average molecular weight is 385 g/mol. The van der Waals surface area contributed by atoms with Crippen molar-refractivity contribution in [3.05, 3.63) is 46.9 Å². The number of phenolic OH excluding ortho intramolecular Hbond substituents is 1. The van der Waals surface area contributed by atoms with Gasteiger partial charge in [0, 0.05) is 11.6 Å². The van der Waals surface area contributed by atoms with Gasteiger partial charge in [-0.15, -0.1) is 5.10 Å². The molecule has 1 amide bonds. The van der Waals surface area contributed by atoms with Gasteiger partial charge in [-0.2, -0.15) is 5.10 Å². The highest BCUT2D eigenvalue weighted by atomic mass is 32.2. The number of carbonyl (C=O) groups excluding carboxylic acids is 2. The van der Waals surface area contributed by atoms with Crippen molar-refractivity contribution >= 4 is 45.8 Å². The fourth-order valence-corrected chi connectivity index (χ4v) is 3.09. The number of amidine groups is 1. The number of ether oxygens (including phenoxy) is 2. The zero-order valence-corrected chi connectivity index (χ0v) is 15.2. The molecule has 9 heteroatoms. The number of thioether (sulfide) groups is 1. The SMILES string of the molecule is COC(=O)/C=C1/S/C(=N\N=Cc2c(O)ccc3ccc(OC)cc23)NC1=O. The summed E-state index contributed by atoms with van der Waals surface area (Å²) in [5.74, 6) is -0.413. The van der Waals surface area contributed by atoms with Gasteiger partial charge in [-0.05, 0) is 40.7 Å². The van der Waals surface area contributed by atoms with Crippen LogP contribution in [-0.4, -0.2) is 42.6 Å². The number of fused-ring (bicyclic) bond motifs is 1. The van der Waals surface area contributed by atoms with Crippen molar-refractivity contribution in [2.75, 3.05) is 14.2 Å². The maximum absolute atomic E-state index is 11.8. The minimum Gasteiger partial charge on any atom is -0.507 e. The van der Waals surface area contributed by atoms with Crippen molar-refractivity contribution in [3.8, 4) is 11.5 Å². The molecule has 27 heavy (non-hydrogen) atoms. The van der Waals surface area contributed by atoms with E-state index in [1.165, 1.54) is 13.3 Å². The third-order valence-corrected chi connectivity index (χ3v) is 4.58. The third kappa shape index (κ3) is 4.09. The number of carbonyl (C=O) groups is 2. The second kappa shape index (κ2) is 7.92. The molecule has 1 fully saturated rings. The molecular formula is C18H15N3O5S. The molecule has 2 N–H and O–H groups in total. The summed E-state index contributed by atoms with van der Waals surface area (Å²) in [6, 6.07) is 8.82. The highest BCUT2D eigenvalue weighted by Gasteiger charge is 2.25. The molecule has 1 aliphatic rings. The van der Waals surface area contributed by atoms with Gasteiger partial charge < -0.3 is 14.6 Å². The summed E-state index contributed by atoms with van der Waals surface area (Å²) < 4.78 is 9.71. The molecule has 0 atom stereocenters. The molecule has 8 nitrogen and oxygen atoms in total. The Balaban J connectivity index is 1.88. The maximum atomic E-state index is 11.8. The van der Waals surface area contributed by atoms with Crippen LogP contribution < -0.4 is 10.1 Å². The Labute approximate surface area is 158 Å². The van der Waals surface area contributed by atoms with Crippen LogP contribution in [0.3, 0.4) is 0 Å². The summed E-state index contributed by atoms with van der Waals surface area (Å²) in [7, 11) is 2.78. The van der Waals surface area contributed by atoms with Crippen LogP contribution in [0, 0.1) is 0 Å². The largest absolute Gasteiger partial charge is 0.507 e. The Morgan fingerprint density at radius 3 is 2.78 bits per heavy atom. The van der Waals surface area contributed by atoms with Crippen LogP contribution in [0.15, 0.2) is 51.5 Å².